The minimum Gasteiger partial charge on any atom is -0.348 e. The van der Waals surface area contributed by atoms with Gasteiger partial charge in [-0.2, -0.15) is 0 Å². The SMILES string of the molecule is CCCN(CC(=O)N(C)C)C1(CN)CCCC(C)C1. The molecule has 0 saturated heterocycles. The van der Waals surface area contributed by atoms with E-state index in [1.165, 1.54) is 12.8 Å². The summed E-state index contributed by atoms with van der Waals surface area (Å²) < 4.78 is 0. The second-order valence-electron chi connectivity index (χ2n) is 6.34. The summed E-state index contributed by atoms with van der Waals surface area (Å²) in [5.74, 6) is 0.894. The molecule has 0 aromatic rings. The molecule has 1 rings (SSSR count). The number of likely N-dealkylation sites (N-methyl/N-ethyl adjacent to an activating group) is 1. The third-order valence-corrected chi connectivity index (χ3v) is 4.44. The summed E-state index contributed by atoms with van der Waals surface area (Å²) in [7, 11) is 3.65. The zero-order valence-corrected chi connectivity index (χ0v) is 13.1. The van der Waals surface area contributed by atoms with Crippen LogP contribution in [0, 0.1) is 5.92 Å². The van der Waals surface area contributed by atoms with Crippen molar-refractivity contribution < 1.29 is 4.79 Å². The monoisotopic (exact) mass is 269 g/mol. The van der Waals surface area contributed by atoms with Crippen molar-refractivity contribution in [2.24, 2.45) is 11.7 Å². The average molecular weight is 269 g/mol. The van der Waals surface area contributed by atoms with Crippen LogP contribution in [0.1, 0.15) is 46.0 Å². The van der Waals surface area contributed by atoms with Crippen molar-refractivity contribution in [3.05, 3.63) is 0 Å². The lowest BCUT2D eigenvalue weighted by atomic mass is 9.75. The molecule has 2 N–H and O–H groups in total. The number of hydrogen-bond donors (Lipinski definition) is 1. The fourth-order valence-corrected chi connectivity index (χ4v) is 3.29. The lowest BCUT2D eigenvalue weighted by molar-refractivity contribution is -0.132. The molecule has 1 aliphatic carbocycles. The van der Waals surface area contributed by atoms with Gasteiger partial charge in [-0.25, -0.2) is 0 Å². The van der Waals surface area contributed by atoms with Crippen LogP contribution < -0.4 is 5.73 Å². The smallest absolute Gasteiger partial charge is 0.236 e. The van der Waals surface area contributed by atoms with Crippen molar-refractivity contribution in [1.29, 1.82) is 0 Å². The molecule has 2 unspecified atom stereocenters. The second-order valence-corrected chi connectivity index (χ2v) is 6.34. The van der Waals surface area contributed by atoms with Gasteiger partial charge in [0.05, 0.1) is 6.54 Å². The lowest BCUT2D eigenvalue weighted by Crippen LogP contribution is -2.58. The van der Waals surface area contributed by atoms with Gasteiger partial charge in [0, 0.05) is 26.2 Å². The Bertz CT molecular complexity index is 293. The Hall–Kier alpha value is -0.610. The fraction of sp³-hybridized carbons (Fsp3) is 0.933. The molecule has 4 nitrogen and oxygen atoms in total. The minimum absolute atomic E-state index is 0.0410. The third-order valence-electron chi connectivity index (χ3n) is 4.44. The normalized spacial score (nSPS) is 27.6. The molecular formula is C15H31N3O. The van der Waals surface area contributed by atoms with Crippen molar-refractivity contribution in [1.82, 2.24) is 9.80 Å². The number of hydrogen-bond acceptors (Lipinski definition) is 3. The van der Waals surface area contributed by atoms with Gasteiger partial charge in [-0.05, 0) is 31.7 Å². The molecule has 1 aliphatic rings. The van der Waals surface area contributed by atoms with Gasteiger partial charge in [0.2, 0.25) is 5.91 Å². The van der Waals surface area contributed by atoms with Crippen LogP contribution in [0.2, 0.25) is 0 Å². The van der Waals surface area contributed by atoms with Crippen LogP contribution in [0.25, 0.3) is 0 Å². The Balaban J connectivity index is 2.84. The van der Waals surface area contributed by atoms with E-state index in [0.29, 0.717) is 19.0 Å². The van der Waals surface area contributed by atoms with Crippen LogP contribution in [-0.4, -0.2) is 55.0 Å². The largest absolute Gasteiger partial charge is 0.348 e. The summed E-state index contributed by atoms with van der Waals surface area (Å²) in [6, 6.07) is 0. The molecule has 1 fully saturated rings. The zero-order chi connectivity index (χ0) is 14.5. The van der Waals surface area contributed by atoms with E-state index in [1.54, 1.807) is 4.90 Å². The van der Waals surface area contributed by atoms with Crippen molar-refractivity contribution in [2.75, 3.05) is 33.7 Å². The number of amides is 1. The predicted molar refractivity (Wildman–Crippen MR) is 80.0 cm³/mol. The number of nitrogens with two attached hydrogens (primary N) is 1. The van der Waals surface area contributed by atoms with Gasteiger partial charge in [0.15, 0.2) is 0 Å². The van der Waals surface area contributed by atoms with Gasteiger partial charge in [0.1, 0.15) is 0 Å². The van der Waals surface area contributed by atoms with Crippen LogP contribution in [0.4, 0.5) is 0 Å². The van der Waals surface area contributed by atoms with Crippen LogP contribution >= 0.6 is 0 Å². The summed E-state index contributed by atoms with van der Waals surface area (Å²) in [5.41, 5.74) is 6.16. The predicted octanol–water partition coefficient (Wildman–Crippen LogP) is 1.69. The van der Waals surface area contributed by atoms with E-state index < -0.39 is 0 Å². The first-order valence-corrected chi connectivity index (χ1v) is 7.60. The van der Waals surface area contributed by atoms with Crippen molar-refractivity contribution in [2.45, 2.75) is 51.5 Å². The topological polar surface area (TPSA) is 49.6 Å². The summed E-state index contributed by atoms with van der Waals surface area (Å²) in [6.45, 7) is 6.61. The van der Waals surface area contributed by atoms with Gasteiger partial charge in [-0.1, -0.05) is 26.7 Å². The number of rotatable bonds is 6. The van der Waals surface area contributed by atoms with E-state index in [-0.39, 0.29) is 11.4 Å². The van der Waals surface area contributed by atoms with Crippen molar-refractivity contribution in [3.63, 3.8) is 0 Å². The second kappa shape index (κ2) is 7.25. The molecular weight excluding hydrogens is 238 g/mol. The first kappa shape index (κ1) is 16.4. The molecule has 19 heavy (non-hydrogen) atoms. The van der Waals surface area contributed by atoms with Crippen molar-refractivity contribution >= 4 is 5.91 Å². The molecule has 4 heteroatoms. The van der Waals surface area contributed by atoms with Crippen LogP contribution in [-0.2, 0) is 4.79 Å². The molecule has 0 aliphatic heterocycles. The third kappa shape index (κ3) is 4.18. The number of carbonyl (C=O) groups is 1. The minimum atomic E-state index is 0.0410. The molecule has 0 aromatic heterocycles. The molecule has 2 atom stereocenters. The Morgan fingerprint density at radius 1 is 1.42 bits per heavy atom. The maximum atomic E-state index is 12.1. The maximum Gasteiger partial charge on any atom is 0.236 e. The molecule has 0 spiro atoms. The molecule has 0 aromatic carbocycles. The highest BCUT2D eigenvalue weighted by Crippen LogP contribution is 2.36. The van der Waals surface area contributed by atoms with Crippen LogP contribution in [0.15, 0.2) is 0 Å². The number of carbonyl (C=O) groups excluding carboxylic acids is 1. The Labute approximate surface area is 118 Å². The van der Waals surface area contributed by atoms with Crippen molar-refractivity contribution in [3.8, 4) is 0 Å². The molecule has 0 bridgehead atoms. The Morgan fingerprint density at radius 2 is 2.11 bits per heavy atom. The standard InChI is InChI=1S/C15H31N3O/c1-5-9-18(11-14(19)17(3)4)15(12-16)8-6-7-13(2)10-15/h13H,5-12,16H2,1-4H3. The lowest BCUT2D eigenvalue weighted by Gasteiger charge is -2.47. The summed E-state index contributed by atoms with van der Waals surface area (Å²) >= 11 is 0. The summed E-state index contributed by atoms with van der Waals surface area (Å²) in [5, 5.41) is 0. The fourth-order valence-electron chi connectivity index (χ4n) is 3.29. The Morgan fingerprint density at radius 3 is 2.58 bits per heavy atom. The molecule has 1 saturated carbocycles. The molecule has 0 heterocycles. The van der Waals surface area contributed by atoms with E-state index in [2.05, 4.69) is 18.7 Å². The average Bonchev–Trinajstić information content (AvgIpc) is 2.37. The van der Waals surface area contributed by atoms with E-state index in [4.69, 9.17) is 5.73 Å². The molecule has 1 amide bonds. The van der Waals surface area contributed by atoms with E-state index in [0.717, 1.165) is 25.8 Å². The highest BCUT2D eigenvalue weighted by atomic mass is 16.2. The highest BCUT2D eigenvalue weighted by Gasteiger charge is 2.39. The molecule has 0 radical (unpaired) electrons. The highest BCUT2D eigenvalue weighted by molar-refractivity contribution is 5.77. The van der Waals surface area contributed by atoms with Crippen LogP contribution in [0.5, 0.6) is 0 Å². The van der Waals surface area contributed by atoms with E-state index in [1.807, 2.05) is 14.1 Å². The van der Waals surface area contributed by atoms with E-state index in [9.17, 15) is 4.79 Å². The van der Waals surface area contributed by atoms with Gasteiger partial charge in [-0.3, -0.25) is 9.69 Å². The zero-order valence-electron chi connectivity index (χ0n) is 13.1. The first-order valence-electron chi connectivity index (χ1n) is 7.60. The molecule has 112 valence electrons. The Kier molecular flexibility index (Phi) is 6.27. The summed E-state index contributed by atoms with van der Waals surface area (Å²) in [4.78, 5) is 16.1. The van der Waals surface area contributed by atoms with Gasteiger partial charge in [0.25, 0.3) is 0 Å². The quantitative estimate of drug-likeness (QED) is 0.798. The first-order chi connectivity index (χ1) is 8.95. The van der Waals surface area contributed by atoms with Gasteiger partial charge < -0.3 is 10.6 Å². The summed E-state index contributed by atoms with van der Waals surface area (Å²) in [6.07, 6.45) is 5.85. The van der Waals surface area contributed by atoms with Gasteiger partial charge in [-0.15, -0.1) is 0 Å². The number of nitrogens with zero attached hydrogens (tertiary/aromatic N) is 2. The van der Waals surface area contributed by atoms with Crippen LogP contribution in [0.3, 0.4) is 0 Å². The maximum absolute atomic E-state index is 12.1. The van der Waals surface area contributed by atoms with Gasteiger partial charge >= 0.3 is 0 Å². The van der Waals surface area contributed by atoms with E-state index >= 15 is 0 Å².